The zero-order valence-corrected chi connectivity index (χ0v) is 15.5. The molecule has 1 atom stereocenters. The van der Waals surface area contributed by atoms with Gasteiger partial charge in [0.25, 0.3) is 0 Å². The van der Waals surface area contributed by atoms with Gasteiger partial charge < -0.3 is 10.1 Å². The fourth-order valence-electron chi connectivity index (χ4n) is 3.53. The fraction of sp³-hybridized carbons (Fsp3) is 0.455. The number of nitrogens with one attached hydrogen (secondary N) is 1. The Hall–Kier alpha value is -2.36. The molecule has 2 aromatic rings. The number of aromatic nitrogens is 1. The first-order valence-corrected chi connectivity index (χ1v) is 9.62. The van der Waals surface area contributed by atoms with Crippen LogP contribution in [0.1, 0.15) is 62.6 Å². The Bertz CT molecular complexity index is 679. The van der Waals surface area contributed by atoms with Crippen molar-refractivity contribution in [1.82, 2.24) is 10.3 Å². The molecule has 0 bridgehead atoms. The van der Waals surface area contributed by atoms with Crippen molar-refractivity contribution in [3.8, 4) is 5.75 Å². The van der Waals surface area contributed by atoms with E-state index in [1.807, 2.05) is 43.3 Å². The Balaban J connectivity index is 1.43. The molecule has 1 aliphatic carbocycles. The summed E-state index contributed by atoms with van der Waals surface area (Å²) in [7, 11) is 0. The normalized spacial score (nSPS) is 15.6. The van der Waals surface area contributed by atoms with Crippen molar-refractivity contribution in [2.24, 2.45) is 5.92 Å². The van der Waals surface area contributed by atoms with Crippen molar-refractivity contribution in [3.05, 3.63) is 59.9 Å². The molecule has 1 saturated carbocycles. The zero-order valence-electron chi connectivity index (χ0n) is 15.5. The second kappa shape index (κ2) is 9.37. The van der Waals surface area contributed by atoms with Crippen molar-refractivity contribution < 1.29 is 9.53 Å². The van der Waals surface area contributed by atoms with Crippen LogP contribution in [-0.2, 0) is 11.4 Å². The molecule has 3 rings (SSSR count). The van der Waals surface area contributed by atoms with Crippen LogP contribution >= 0.6 is 0 Å². The molecule has 138 valence electrons. The van der Waals surface area contributed by atoms with E-state index in [4.69, 9.17) is 4.74 Å². The van der Waals surface area contributed by atoms with Crippen LogP contribution in [0.3, 0.4) is 0 Å². The fourth-order valence-corrected chi connectivity index (χ4v) is 3.53. The van der Waals surface area contributed by atoms with E-state index in [0.29, 0.717) is 13.0 Å². The van der Waals surface area contributed by atoms with Gasteiger partial charge >= 0.3 is 0 Å². The quantitative estimate of drug-likeness (QED) is 0.742. The van der Waals surface area contributed by atoms with Crippen LogP contribution in [0.2, 0.25) is 0 Å². The third-order valence-corrected chi connectivity index (χ3v) is 5.14. The number of rotatable bonds is 8. The number of carbonyl (C=O) groups excluding carboxylic acids is 1. The van der Waals surface area contributed by atoms with Gasteiger partial charge in [-0.3, -0.25) is 9.78 Å². The average Bonchev–Trinajstić information content (AvgIpc) is 3.19. The van der Waals surface area contributed by atoms with Crippen molar-refractivity contribution in [1.29, 1.82) is 0 Å². The predicted octanol–water partition coefficient (Wildman–Crippen LogP) is 4.81. The Labute approximate surface area is 156 Å². The van der Waals surface area contributed by atoms with Gasteiger partial charge in [0.1, 0.15) is 12.4 Å². The number of hydrogen-bond donors (Lipinski definition) is 1. The summed E-state index contributed by atoms with van der Waals surface area (Å²) < 4.78 is 5.78. The van der Waals surface area contributed by atoms with Crippen LogP contribution in [0.5, 0.6) is 5.75 Å². The molecule has 0 unspecified atom stereocenters. The van der Waals surface area contributed by atoms with Crippen molar-refractivity contribution in [2.75, 3.05) is 0 Å². The highest BCUT2D eigenvalue weighted by Crippen LogP contribution is 2.28. The Morgan fingerprint density at radius 2 is 2.00 bits per heavy atom. The maximum Gasteiger partial charge on any atom is 0.220 e. The minimum Gasteiger partial charge on any atom is -0.489 e. The minimum absolute atomic E-state index is 0.0125. The van der Waals surface area contributed by atoms with E-state index in [-0.39, 0.29) is 11.9 Å². The average molecular weight is 352 g/mol. The highest BCUT2D eigenvalue weighted by molar-refractivity contribution is 5.76. The molecule has 4 nitrogen and oxygen atoms in total. The molecule has 0 spiro atoms. The summed E-state index contributed by atoms with van der Waals surface area (Å²) in [6, 6.07) is 11.8. The van der Waals surface area contributed by atoms with E-state index >= 15 is 0 Å². The SMILES string of the molecule is C[C@@H](NC(=O)CCC1CCCC1)c1ccc(OCc2cccnc2)cc1. The van der Waals surface area contributed by atoms with Gasteiger partial charge in [0, 0.05) is 24.4 Å². The topological polar surface area (TPSA) is 51.2 Å². The Morgan fingerprint density at radius 1 is 1.23 bits per heavy atom. The van der Waals surface area contributed by atoms with Crippen molar-refractivity contribution in [2.45, 2.75) is 58.1 Å². The van der Waals surface area contributed by atoms with Crippen LogP contribution in [-0.4, -0.2) is 10.9 Å². The first-order valence-electron chi connectivity index (χ1n) is 9.62. The molecule has 1 fully saturated rings. The summed E-state index contributed by atoms with van der Waals surface area (Å²) in [6.45, 7) is 2.53. The molecule has 1 N–H and O–H groups in total. The molecule has 0 radical (unpaired) electrons. The molecular formula is C22H28N2O2. The van der Waals surface area contributed by atoms with Gasteiger partial charge in [0.2, 0.25) is 5.91 Å². The number of carbonyl (C=O) groups is 1. The van der Waals surface area contributed by atoms with Gasteiger partial charge in [0.15, 0.2) is 0 Å². The third kappa shape index (κ3) is 5.58. The third-order valence-electron chi connectivity index (χ3n) is 5.14. The predicted molar refractivity (Wildman–Crippen MR) is 103 cm³/mol. The zero-order chi connectivity index (χ0) is 18.2. The summed E-state index contributed by atoms with van der Waals surface area (Å²) in [5.74, 6) is 1.73. The summed E-state index contributed by atoms with van der Waals surface area (Å²) in [5, 5.41) is 3.11. The van der Waals surface area contributed by atoms with Gasteiger partial charge in [-0.1, -0.05) is 43.9 Å². The van der Waals surface area contributed by atoms with E-state index in [1.54, 1.807) is 12.4 Å². The number of nitrogens with zero attached hydrogens (tertiary/aromatic N) is 1. The minimum atomic E-state index is 0.0125. The van der Waals surface area contributed by atoms with Gasteiger partial charge in [-0.15, -0.1) is 0 Å². The smallest absolute Gasteiger partial charge is 0.220 e. The molecular weight excluding hydrogens is 324 g/mol. The maximum atomic E-state index is 12.2. The Morgan fingerprint density at radius 3 is 2.69 bits per heavy atom. The number of benzene rings is 1. The summed E-state index contributed by atoms with van der Waals surface area (Å²) in [6.07, 6.45) is 10.5. The monoisotopic (exact) mass is 352 g/mol. The number of hydrogen-bond acceptors (Lipinski definition) is 3. The molecule has 0 saturated heterocycles. The van der Waals surface area contributed by atoms with E-state index in [2.05, 4.69) is 10.3 Å². The van der Waals surface area contributed by atoms with Crippen LogP contribution in [0.4, 0.5) is 0 Å². The first-order chi connectivity index (χ1) is 12.7. The van der Waals surface area contributed by atoms with E-state index < -0.39 is 0 Å². The first kappa shape index (κ1) is 18.4. The highest BCUT2D eigenvalue weighted by atomic mass is 16.5. The van der Waals surface area contributed by atoms with E-state index in [9.17, 15) is 4.79 Å². The lowest BCUT2D eigenvalue weighted by molar-refractivity contribution is -0.122. The van der Waals surface area contributed by atoms with Gasteiger partial charge in [-0.2, -0.15) is 0 Å². The molecule has 26 heavy (non-hydrogen) atoms. The van der Waals surface area contributed by atoms with Crippen molar-refractivity contribution >= 4 is 5.91 Å². The molecule has 1 heterocycles. The number of amides is 1. The summed E-state index contributed by atoms with van der Waals surface area (Å²) in [5.41, 5.74) is 2.13. The van der Waals surface area contributed by atoms with Gasteiger partial charge in [0.05, 0.1) is 6.04 Å². The number of pyridine rings is 1. The van der Waals surface area contributed by atoms with Crippen LogP contribution < -0.4 is 10.1 Å². The van der Waals surface area contributed by atoms with E-state index in [0.717, 1.165) is 29.2 Å². The molecule has 1 aromatic carbocycles. The standard InChI is InChI=1S/C22H28N2O2/c1-17(24-22(25)13-8-18-5-2-3-6-18)20-9-11-21(12-10-20)26-16-19-7-4-14-23-15-19/h4,7,9-12,14-15,17-18H,2-3,5-6,8,13,16H2,1H3,(H,24,25)/t17-/m1/s1. The summed E-state index contributed by atoms with van der Waals surface area (Å²) >= 11 is 0. The molecule has 1 aromatic heterocycles. The number of ether oxygens (including phenoxy) is 1. The lowest BCUT2D eigenvalue weighted by Crippen LogP contribution is -2.26. The van der Waals surface area contributed by atoms with Crippen LogP contribution in [0, 0.1) is 5.92 Å². The van der Waals surface area contributed by atoms with Gasteiger partial charge in [-0.25, -0.2) is 0 Å². The molecule has 1 amide bonds. The summed E-state index contributed by atoms with van der Waals surface area (Å²) in [4.78, 5) is 16.2. The van der Waals surface area contributed by atoms with E-state index in [1.165, 1.54) is 25.7 Å². The molecule has 1 aliphatic rings. The lowest BCUT2D eigenvalue weighted by Gasteiger charge is -2.16. The molecule has 4 heteroatoms. The molecule has 0 aliphatic heterocycles. The second-order valence-corrected chi connectivity index (χ2v) is 7.20. The van der Waals surface area contributed by atoms with Crippen LogP contribution in [0.25, 0.3) is 0 Å². The van der Waals surface area contributed by atoms with Crippen molar-refractivity contribution in [3.63, 3.8) is 0 Å². The Kier molecular flexibility index (Phi) is 6.64. The van der Waals surface area contributed by atoms with Crippen LogP contribution in [0.15, 0.2) is 48.8 Å². The lowest BCUT2D eigenvalue weighted by atomic mass is 10.0. The largest absolute Gasteiger partial charge is 0.489 e. The second-order valence-electron chi connectivity index (χ2n) is 7.20. The van der Waals surface area contributed by atoms with Gasteiger partial charge in [-0.05, 0) is 43.0 Å². The maximum absolute atomic E-state index is 12.2. The highest BCUT2D eigenvalue weighted by Gasteiger charge is 2.17.